The molecule has 140 valence electrons. The van der Waals surface area contributed by atoms with Gasteiger partial charge in [-0.3, -0.25) is 9.69 Å². The average molecular weight is 368 g/mol. The Labute approximate surface area is 150 Å². The minimum Gasteiger partial charge on any atom is -0.492 e. The highest BCUT2D eigenvalue weighted by atomic mass is 32.2. The van der Waals surface area contributed by atoms with Gasteiger partial charge >= 0.3 is 0 Å². The van der Waals surface area contributed by atoms with E-state index in [1.165, 1.54) is 0 Å². The molecule has 1 aromatic rings. The number of amides is 1. The summed E-state index contributed by atoms with van der Waals surface area (Å²) in [6, 6.07) is 7.65. The second-order valence-corrected chi connectivity index (χ2v) is 8.82. The van der Waals surface area contributed by atoms with Crippen LogP contribution in [0.2, 0.25) is 0 Å². The Hall–Kier alpha value is -1.60. The molecule has 0 saturated carbocycles. The summed E-state index contributed by atoms with van der Waals surface area (Å²) in [4.78, 5) is 16.1. The minimum atomic E-state index is -2.99. The zero-order valence-electron chi connectivity index (χ0n) is 15.3. The summed E-state index contributed by atoms with van der Waals surface area (Å²) in [5, 5.41) is 0. The SMILES string of the molecule is CCN(C(=O)CN(C)CCOc1ccccc1C)C1CCS(=O)(=O)C1. The maximum atomic E-state index is 12.5. The molecule has 1 aromatic carbocycles. The first kappa shape index (κ1) is 19.7. The van der Waals surface area contributed by atoms with Gasteiger partial charge < -0.3 is 9.64 Å². The summed E-state index contributed by atoms with van der Waals surface area (Å²) >= 11 is 0. The Morgan fingerprint density at radius 1 is 1.32 bits per heavy atom. The lowest BCUT2D eigenvalue weighted by molar-refractivity contribution is -0.133. The van der Waals surface area contributed by atoms with Crippen molar-refractivity contribution in [1.82, 2.24) is 9.80 Å². The molecule has 1 amide bonds. The number of benzene rings is 1. The van der Waals surface area contributed by atoms with E-state index in [2.05, 4.69) is 0 Å². The Balaban J connectivity index is 1.79. The highest BCUT2D eigenvalue weighted by molar-refractivity contribution is 7.91. The van der Waals surface area contributed by atoms with E-state index in [9.17, 15) is 13.2 Å². The molecule has 25 heavy (non-hydrogen) atoms. The standard InChI is InChI=1S/C18H28N2O4S/c1-4-20(16-9-12-25(22,23)14-16)18(21)13-19(3)10-11-24-17-8-6-5-7-15(17)2/h5-8,16H,4,9-14H2,1-3H3. The fourth-order valence-corrected chi connectivity index (χ4v) is 4.82. The van der Waals surface area contributed by atoms with Crippen LogP contribution < -0.4 is 4.74 Å². The number of ether oxygens (including phenoxy) is 1. The molecule has 0 bridgehead atoms. The molecule has 0 aromatic heterocycles. The highest BCUT2D eigenvalue weighted by Gasteiger charge is 2.33. The van der Waals surface area contributed by atoms with Crippen molar-refractivity contribution in [3.8, 4) is 5.75 Å². The van der Waals surface area contributed by atoms with Crippen LogP contribution in [0, 0.1) is 6.92 Å². The van der Waals surface area contributed by atoms with Gasteiger partial charge in [0.15, 0.2) is 9.84 Å². The van der Waals surface area contributed by atoms with E-state index < -0.39 is 9.84 Å². The van der Waals surface area contributed by atoms with Gasteiger partial charge in [-0.2, -0.15) is 0 Å². The van der Waals surface area contributed by atoms with Crippen molar-refractivity contribution >= 4 is 15.7 Å². The molecule has 1 aliphatic heterocycles. The number of nitrogens with zero attached hydrogens (tertiary/aromatic N) is 2. The van der Waals surface area contributed by atoms with E-state index in [-0.39, 0.29) is 30.0 Å². The molecule has 1 fully saturated rings. The molecule has 1 atom stereocenters. The van der Waals surface area contributed by atoms with Crippen molar-refractivity contribution in [1.29, 1.82) is 0 Å². The maximum absolute atomic E-state index is 12.5. The van der Waals surface area contributed by atoms with Crippen LogP contribution in [0.1, 0.15) is 18.9 Å². The van der Waals surface area contributed by atoms with Crippen molar-refractivity contribution in [3.63, 3.8) is 0 Å². The molecule has 7 heteroatoms. The molecule has 0 radical (unpaired) electrons. The molecule has 2 rings (SSSR count). The predicted molar refractivity (Wildman–Crippen MR) is 98.6 cm³/mol. The third kappa shape index (κ3) is 5.71. The monoisotopic (exact) mass is 368 g/mol. The fourth-order valence-electron chi connectivity index (χ4n) is 3.09. The molecular formula is C18H28N2O4S. The Morgan fingerprint density at radius 3 is 2.64 bits per heavy atom. The van der Waals surface area contributed by atoms with E-state index in [1.807, 2.05) is 50.1 Å². The van der Waals surface area contributed by atoms with Crippen LogP contribution in [-0.4, -0.2) is 75.0 Å². The first-order chi connectivity index (χ1) is 11.8. The van der Waals surface area contributed by atoms with Crippen LogP contribution in [0.5, 0.6) is 5.75 Å². The van der Waals surface area contributed by atoms with E-state index in [1.54, 1.807) is 4.90 Å². The van der Waals surface area contributed by atoms with Crippen molar-refractivity contribution < 1.29 is 17.9 Å². The van der Waals surface area contributed by atoms with Gasteiger partial charge in [0.1, 0.15) is 12.4 Å². The molecular weight excluding hydrogens is 340 g/mol. The topological polar surface area (TPSA) is 66.9 Å². The Kier molecular flexibility index (Phi) is 6.84. The number of likely N-dealkylation sites (N-methyl/N-ethyl adjacent to an activating group) is 2. The quantitative estimate of drug-likeness (QED) is 0.693. The van der Waals surface area contributed by atoms with E-state index >= 15 is 0 Å². The number of carbonyl (C=O) groups is 1. The molecule has 0 spiro atoms. The number of rotatable bonds is 8. The zero-order valence-corrected chi connectivity index (χ0v) is 16.1. The first-order valence-corrected chi connectivity index (χ1v) is 10.5. The van der Waals surface area contributed by atoms with Gasteiger partial charge in [-0.25, -0.2) is 8.42 Å². The fraction of sp³-hybridized carbons (Fsp3) is 0.611. The second kappa shape index (κ2) is 8.67. The summed E-state index contributed by atoms with van der Waals surface area (Å²) in [6.07, 6.45) is 0.544. The molecule has 1 aliphatic rings. The summed E-state index contributed by atoms with van der Waals surface area (Å²) in [5.41, 5.74) is 1.08. The van der Waals surface area contributed by atoms with Gasteiger partial charge in [-0.05, 0) is 38.9 Å². The molecule has 0 N–H and O–H groups in total. The molecule has 1 saturated heterocycles. The lowest BCUT2D eigenvalue weighted by Gasteiger charge is -2.29. The van der Waals surface area contributed by atoms with Gasteiger partial charge in [0, 0.05) is 19.1 Å². The molecule has 1 heterocycles. The van der Waals surface area contributed by atoms with Gasteiger partial charge in [0.2, 0.25) is 5.91 Å². The largest absolute Gasteiger partial charge is 0.492 e. The predicted octanol–water partition coefficient (Wildman–Crippen LogP) is 1.34. The number of hydrogen-bond donors (Lipinski definition) is 0. The third-order valence-corrected chi connectivity index (χ3v) is 6.29. The summed E-state index contributed by atoms with van der Waals surface area (Å²) in [5.74, 6) is 1.10. The molecule has 1 unspecified atom stereocenters. The molecule has 6 nitrogen and oxygen atoms in total. The van der Waals surface area contributed by atoms with Crippen molar-refractivity contribution in [2.24, 2.45) is 0 Å². The van der Waals surface area contributed by atoms with Crippen LogP contribution in [0.4, 0.5) is 0 Å². The van der Waals surface area contributed by atoms with Crippen LogP contribution in [0.3, 0.4) is 0 Å². The van der Waals surface area contributed by atoms with Crippen molar-refractivity contribution in [3.05, 3.63) is 29.8 Å². The van der Waals surface area contributed by atoms with Crippen LogP contribution >= 0.6 is 0 Å². The van der Waals surface area contributed by atoms with Crippen molar-refractivity contribution in [2.45, 2.75) is 26.3 Å². The number of sulfone groups is 1. The van der Waals surface area contributed by atoms with Gasteiger partial charge in [0.25, 0.3) is 0 Å². The Morgan fingerprint density at radius 2 is 2.04 bits per heavy atom. The minimum absolute atomic E-state index is 0.0250. The normalized spacial score (nSPS) is 19.1. The lowest BCUT2D eigenvalue weighted by Crippen LogP contribution is -2.46. The second-order valence-electron chi connectivity index (χ2n) is 6.59. The van der Waals surface area contributed by atoms with Gasteiger partial charge in [-0.15, -0.1) is 0 Å². The molecule has 0 aliphatic carbocycles. The Bertz CT molecular complexity index is 690. The summed E-state index contributed by atoms with van der Waals surface area (Å²) in [7, 11) is -1.12. The smallest absolute Gasteiger partial charge is 0.237 e. The van der Waals surface area contributed by atoms with Gasteiger partial charge in [0.05, 0.1) is 18.1 Å². The maximum Gasteiger partial charge on any atom is 0.237 e. The number of para-hydroxylation sites is 1. The van der Waals surface area contributed by atoms with E-state index in [0.717, 1.165) is 11.3 Å². The number of carbonyl (C=O) groups excluding carboxylic acids is 1. The van der Waals surface area contributed by atoms with Crippen LogP contribution in [-0.2, 0) is 14.6 Å². The number of hydrogen-bond acceptors (Lipinski definition) is 5. The van der Waals surface area contributed by atoms with Crippen LogP contribution in [0.15, 0.2) is 24.3 Å². The lowest BCUT2D eigenvalue weighted by atomic mass is 10.2. The summed E-state index contributed by atoms with van der Waals surface area (Å²) in [6.45, 7) is 5.81. The summed E-state index contributed by atoms with van der Waals surface area (Å²) < 4.78 is 29.0. The number of aryl methyl sites for hydroxylation is 1. The third-order valence-electron chi connectivity index (χ3n) is 4.54. The highest BCUT2D eigenvalue weighted by Crippen LogP contribution is 2.18. The zero-order chi connectivity index (χ0) is 18.4. The average Bonchev–Trinajstić information content (AvgIpc) is 2.89. The van der Waals surface area contributed by atoms with Gasteiger partial charge in [-0.1, -0.05) is 18.2 Å². The first-order valence-electron chi connectivity index (χ1n) is 8.69. The van der Waals surface area contributed by atoms with E-state index in [0.29, 0.717) is 26.1 Å². The van der Waals surface area contributed by atoms with E-state index in [4.69, 9.17) is 4.74 Å². The van der Waals surface area contributed by atoms with Crippen LogP contribution in [0.25, 0.3) is 0 Å². The van der Waals surface area contributed by atoms with Crippen molar-refractivity contribution in [2.75, 3.05) is 44.8 Å².